The second kappa shape index (κ2) is 9.94. The SMILES string of the molecule is COc1ccccc1CN1C(=O)C(NC(=O)c2ccc(OC)c(OC)c2)(C(F)(F)F)C2=C1CC(C)(C)CC2=O. The lowest BCUT2D eigenvalue weighted by atomic mass is 9.72. The van der Waals surface area contributed by atoms with Gasteiger partial charge in [0, 0.05) is 23.2 Å². The fourth-order valence-electron chi connectivity index (χ4n) is 5.22. The number of para-hydroxylation sites is 1. The molecule has 2 amide bonds. The first-order chi connectivity index (χ1) is 18.3. The first-order valence-corrected chi connectivity index (χ1v) is 12.1. The maximum absolute atomic E-state index is 15.1. The third-order valence-corrected chi connectivity index (χ3v) is 7.01. The number of allylic oxidation sites excluding steroid dienone is 1. The van der Waals surface area contributed by atoms with Gasteiger partial charge in [-0.2, -0.15) is 13.2 Å². The number of hydrogen-bond acceptors (Lipinski definition) is 6. The predicted molar refractivity (Wildman–Crippen MR) is 134 cm³/mol. The summed E-state index contributed by atoms with van der Waals surface area (Å²) < 4.78 is 60.9. The van der Waals surface area contributed by atoms with Crippen LogP contribution in [0.15, 0.2) is 53.7 Å². The van der Waals surface area contributed by atoms with Crippen molar-refractivity contribution in [3.8, 4) is 17.2 Å². The fourth-order valence-corrected chi connectivity index (χ4v) is 5.22. The number of hydrogen-bond donors (Lipinski definition) is 1. The highest BCUT2D eigenvalue weighted by atomic mass is 19.4. The molecule has 0 fully saturated rings. The number of rotatable bonds is 7. The Kier molecular flexibility index (Phi) is 7.14. The molecule has 4 rings (SSSR count). The Morgan fingerprint density at radius 1 is 0.949 bits per heavy atom. The topological polar surface area (TPSA) is 94.2 Å². The highest BCUT2D eigenvalue weighted by molar-refractivity contribution is 6.14. The van der Waals surface area contributed by atoms with E-state index in [1.54, 1.807) is 38.1 Å². The Balaban J connectivity index is 1.87. The molecule has 0 saturated carbocycles. The van der Waals surface area contributed by atoms with Crippen molar-refractivity contribution in [3.63, 3.8) is 0 Å². The maximum Gasteiger partial charge on any atom is 0.425 e. The van der Waals surface area contributed by atoms with Crippen molar-refractivity contribution < 1.29 is 41.8 Å². The molecule has 1 aliphatic heterocycles. The quantitative estimate of drug-likeness (QED) is 0.553. The summed E-state index contributed by atoms with van der Waals surface area (Å²) in [7, 11) is 4.09. The van der Waals surface area contributed by atoms with Crippen molar-refractivity contribution in [2.45, 2.75) is 44.9 Å². The summed E-state index contributed by atoms with van der Waals surface area (Å²) in [6.45, 7) is 3.21. The van der Waals surface area contributed by atoms with Gasteiger partial charge in [-0.25, -0.2) is 0 Å². The Morgan fingerprint density at radius 3 is 2.21 bits per heavy atom. The van der Waals surface area contributed by atoms with Gasteiger partial charge in [-0.3, -0.25) is 14.4 Å². The summed E-state index contributed by atoms with van der Waals surface area (Å²) >= 11 is 0. The molecule has 2 aromatic carbocycles. The van der Waals surface area contributed by atoms with Crippen molar-refractivity contribution in [1.29, 1.82) is 0 Å². The van der Waals surface area contributed by atoms with E-state index in [1.807, 2.05) is 5.32 Å². The largest absolute Gasteiger partial charge is 0.496 e. The van der Waals surface area contributed by atoms with Crippen LogP contribution in [0.4, 0.5) is 13.2 Å². The number of carbonyl (C=O) groups excluding carboxylic acids is 3. The third kappa shape index (κ3) is 4.70. The van der Waals surface area contributed by atoms with Crippen LogP contribution in [0.25, 0.3) is 0 Å². The lowest BCUT2D eigenvalue weighted by Crippen LogP contribution is -2.66. The normalized spacial score (nSPS) is 20.6. The number of carbonyl (C=O) groups is 3. The van der Waals surface area contributed by atoms with Crippen LogP contribution in [0.1, 0.15) is 42.6 Å². The van der Waals surface area contributed by atoms with Crippen LogP contribution in [0.2, 0.25) is 0 Å². The smallest absolute Gasteiger partial charge is 0.425 e. The summed E-state index contributed by atoms with van der Waals surface area (Å²) in [5.74, 6) is -2.77. The van der Waals surface area contributed by atoms with E-state index in [1.165, 1.54) is 39.5 Å². The third-order valence-electron chi connectivity index (χ3n) is 7.01. The number of benzene rings is 2. The number of ether oxygens (including phenoxy) is 3. The summed E-state index contributed by atoms with van der Waals surface area (Å²) in [6, 6.07) is 10.4. The molecule has 1 N–H and O–H groups in total. The average molecular weight is 547 g/mol. The Hall–Kier alpha value is -4.02. The lowest BCUT2D eigenvalue weighted by Gasteiger charge is -2.35. The second-order valence-corrected chi connectivity index (χ2v) is 10.2. The molecule has 0 aromatic heterocycles. The molecule has 1 heterocycles. The van der Waals surface area contributed by atoms with Gasteiger partial charge in [0.2, 0.25) is 5.54 Å². The molecular weight excluding hydrogens is 517 g/mol. The molecule has 8 nitrogen and oxygen atoms in total. The molecule has 11 heteroatoms. The molecule has 1 unspecified atom stereocenters. The second-order valence-electron chi connectivity index (χ2n) is 10.2. The number of Topliss-reactive ketones (excluding diaryl/α,β-unsaturated/α-hetero) is 1. The van der Waals surface area contributed by atoms with E-state index in [-0.39, 0.29) is 42.1 Å². The predicted octanol–water partition coefficient (Wildman–Crippen LogP) is 4.43. The van der Waals surface area contributed by atoms with Crippen molar-refractivity contribution in [1.82, 2.24) is 10.2 Å². The van der Waals surface area contributed by atoms with Crippen LogP contribution in [-0.2, 0) is 16.1 Å². The van der Waals surface area contributed by atoms with Gasteiger partial charge in [0.05, 0.1) is 33.4 Å². The molecule has 0 radical (unpaired) electrons. The maximum atomic E-state index is 15.1. The van der Waals surface area contributed by atoms with E-state index in [0.717, 1.165) is 4.90 Å². The minimum absolute atomic E-state index is 0.0268. The lowest BCUT2D eigenvalue weighted by molar-refractivity contribution is -0.190. The zero-order valence-electron chi connectivity index (χ0n) is 22.2. The van der Waals surface area contributed by atoms with Crippen molar-refractivity contribution in [2.24, 2.45) is 5.41 Å². The Morgan fingerprint density at radius 2 is 1.59 bits per heavy atom. The molecule has 39 heavy (non-hydrogen) atoms. The Labute approximate surface area is 223 Å². The van der Waals surface area contributed by atoms with Gasteiger partial charge in [-0.1, -0.05) is 32.0 Å². The minimum atomic E-state index is -5.33. The van der Waals surface area contributed by atoms with Crippen molar-refractivity contribution in [3.05, 3.63) is 64.9 Å². The van der Waals surface area contributed by atoms with Gasteiger partial charge in [-0.05, 0) is 36.1 Å². The number of amides is 2. The van der Waals surface area contributed by atoms with Gasteiger partial charge in [-0.15, -0.1) is 0 Å². The first kappa shape index (κ1) is 28.0. The van der Waals surface area contributed by atoms with E-state index < -0.39 is 40.3 Å². The fraction of sp³-hybridized carbons (Fsp3) is 0.393. The molecule has 1 atom stereocenters. The van der Waals surface area contributed by atoms with Crippen LogP contribution in [-0.4, -0.2) is 55.5 Å². The molecule has 0 saturated heterocycles. The van der Waals surface area contributed by atoms with Crippen LogP contribution in [0.5, 0.6) is 17.2 Å². The number of nitrogens with one attached hydrogen (secondary N) is 1. The van der Waals surface area contributed by atoms with E-state index in [2.05, 4.69) is 0 Å². The number of alkyl halides is 3. The summed E-state index contributed by atoms with van der Waals surface area (Å²) in [6.07, 6.45) is -5.52. The number of nitrogens with zero attached hydrogens (tertiary/aromatic N) is 1. The van der Waals surface area contributed by atoms with Crippen LogP contribution in [0, 0.1) is 5.41 Å². The number of halogens is 3. The zero-order valence-corrected chi connectivity index (χ0v) is 22.2. The van der Waals surface area contributed by atoms with Gasteiger partial charge >= 0.3 is 6.18 Å². The average Bonchev–Trinajstić information content (AvgIpc) is 3.11. The molecule has 1 aliphatic carbocycles. The Bertz CT molecular complexity index is 1370. The van der Waals surface area contributed by atoms with Crippen molar-refractivity contribution in [2.75, 3.05) is 21.3 Å². The van der Waals surface area contributed by atoms with Crippen LogP contribution < -0.4 is 19.5 Å². The monoisotopic (exact) mass is 546 g/mol. The minimum Gasteiger partial charge on any atom is -0.496 e. The van der Waals surface area contributed by atoms with Crippen molar-refractivity contribution >= 4 is 17.6 Å². The van der Waals surface area contributed by atoms with Crippen LogP contribution in [0.3, 0.4) is 0 Å². The summed E-state index contributed by atoms with van der Waals surface area (Å²) in [4.78, 5) is 41.5. The van der Waals surface area contributed by atoms with Gasteiger partial charge in [0.1, 0.15) is 5.75 Å². The molecular formula is C28H29F3N2O6. The van der Waals surface area contributed by atoms with E-state index in [9.17, 15) is 14.4 Å². The van der Waals surface area contributed by atoms with E-state index in [4.69, 9.17) is 14.2 Å². The zero-order chi connectivity index (χ0) is 28.8. The number of ketones is 1. The standard InChI is InChI=1S/C28H29F3N2O6/c1-26(2)13-18-23(19(34)14-26)27(28(29,30)31,25(36)33(18)15-17-8-6-7-9-20(17)37-3)32-24(35)16-10-11-21(38-4)22(12-16)39-5/h6-12H,13-15H2,1-5H3,(H,32,35). The highest BCUT2D eigenvalue weighted by Crippen LogP contribution is 2.52. The van der Waals surface area contributed by atoms with Gasteiger partial charge < -0.3 is 24.4 Å². The molecule has 208 valence electrons. The number of methoxy groups -OCH3 is 3. The summed E-state index contributed by atoms with van der Waals surface area (Å²) in [5, 5.41) is 1.93. The van der Waals surface area contributed by atoms with Gasteiger partial charge in [0.25, 0.3) is 11.8 Å². The molecule has 2 aromatic rings. The van der Waals surface area contributed by atoms with E-state index in [0.29, 0.717) is 11.3 Å². The summed E-state index contributed by atoms with van der Waals surface area (Å²) in [5.41, 5.74) is -4.84. The van der Waals surface area contributed by atoms with E-state index >= 15 is 13.2 Å². The highest BCUT2D eigenvalue weighted by Gasteiger charge is 2.71. The first-order valence-electron chi connectivity index (χ1n) is 12.1. The molecule has 0 bridgehead atoms. The molecule has 2 aliphatic rings. The van der Waals surface area contributed by atoms with Gasteiger partial charge in [0.15, 0.2) is 17.3 Å². The van der Waals surface area contributed by atoms with Crippen LogP contribution >= 0.6 is 0 Å². The molecule has 0 spiro atoms.